The van der Waals surface area contributed by atoms with Crippen LogP contribution >= 0.6 is 20.3 Å². The minimum Gasteiger partial charge on any atom is -0.330 e. The molecule has 2 saturated carbocycles. The number of hydrogen-bond acceptors (Lipinski definition) is 1. The monoisotopic (exact) mass is 739 g/mol. The van der Waals surface area contributed by atoms with Gasteiger partial charge in [-0.3, -0.25) is 0 Å². The molecule has 2 N–H and O–H groups in total. The summed E-state index contributed by atoms with van der Waals surface area (Å²) in [6.45, 7) is 15.1. The van der Waals surface area contributed by atoms with E-state index in [4.69, 9.17) is 5.73 Å². The summed E-state index contributed by atoms with van der Waals surface area (Å²) in [5.74, 6) is 1.64. The van der Waals surface area contributed by atoms with E-state index >= 15 is 0 Å². The molecule has 2 fully saturated rings. The first-order chi connectivity index (χ1) is 20.8. The Kier molecular flexibility index (Phi) is 18.2. The average Bonchev–Trinajstić information content (AvgIpc) is 3.03. The molecule has 252 valence electrons. The van der Waals surface area contributed by atoms with Gasteiger partial charge >= 0.3 is 0 Å². The summed E-state index contributed by atoms with van der Waals surface area (Å²) >= 11 is 0. The second kappa shape index (κ2) is 20.4. The molecule has 3 aromatic rings. The molecule has 1 nitrogen and oxygen atoms in total. The number of rotatable bonds is 9. The summed E-state index contributed by atoms with van der Waals surface area (Å²) in [4.78, 5) is 0. The zero-order chi connectivity index (χ0) is 30.8. The van der Waals surface area contributed by atoms with Crippen molar-refractivity contribution >= 4 is 25.6 Å². The van der Waals surface area contributed by atoms with Gasteiger partial charge in [-0.05, 0) is 106 Å². The van der Waals surface area contributed by atoms with E-state index in [-0.39, 0.29) is 40.8 Å². The first kappa shape index (κ1) is 40.2. The Morgan fingerprint density at radius 3 is 1.56 bits per heavy atom. The topological polar surface area (TPSA) is 26.0 Å². The Labute approximate surface area is 298 Å². The van der Waals surface area contributed by atoms with E-state index in [0.29, 0.717) is 17.8 Å². The van der Waals surface area contributed by atoms with Gasteiger partial charge in [-0.1, -0.05) is 155 Å². The summed E-state index contributed by atoms with van der Waals surface area (Å²) < 4.78 is 0. The van der Waals surface area contributed by atoms with E-state index < -0.39 is 0 Å². The standard InChI is InChI=1S/C33H49P.C8H11N.ClH.Pd/c1-23(2)26-21-30(24(3)4)33(31(22-26)25(5)6)29-19-13-14-20-32(29)34(27-15-9-7-10-16-27)28-17-11-8-12-18-28;9-7-6-8-4-2-1-3-5-8;;/h13-14,19-25,27-28H,7-12,15-18H2,1-6H3;1-5H,6-7,9H2;1H;. The second-order valence-electron chi connectivity index (χ2n) is 14.1. The molecule has 0 unspecified atom stereocenters. The minimum absolute atomic E-state index is 0. The Hall–Kier alpha value is -0.998. The number of hydrogen-bond donors (Lipinski definition) is 1. The number of halogens is 1. The van der Waals surface area contributed by atoms with Gasteiger partial charge in [-0.25, -0.2) is 0 Å². The van der Waals surface area contributed by atoms with Crippen LogP contribution in [0, 0.1) is 0 Å². The van der Waals surface area contributed by atoms with Gasteiger partial charge in [0.2, 0.25) is 0 Å². The smallest absolute Gasteiger partial charge is 0 e. The molecule has 5 rings (SSSR count). The van der Waals surface area contributed by atoms with Crippen molar-refractivity contribution in [1.29, 1.82) is 0 Å². The molecule has 0 aliphatic heterocycles. The van der Waals surface area contributed by atoms with Crippen molar-refractivity contribution in [3.8, 4) is 11.1 Å². The Balaban J connectivity index is 0.000000554. The fourth-order valence-electron chi connectivity index (χ4n) is 7.40. The van der Waals surface area contributed by atoms with Crippen LogP contribution in [0.3, 0.4) is 0 Å². The molecule has 2 aliphatic carbocycles. The molecule has 0 atom stereocenters. The average molecular weight is 741 g/mol. The Morgan fingerprint density at radius 2 is 1.11 bits per heavy atom. The SMILES string of the molecule is CC(C)c1cc(C(C)C)c(-c2ccccc2P(C2CCCCC2)C2CCCCC2)c(C(C)C)c1.Cl.NCCc1ccccc1.[Pd]. The summed E-state index contributed by atoms with van der Waals surface area (Å²) in [5, 5.41) is 1.75. The van der Waals surface area contributed by atoms with E-state index in [0.717, 1.165) is 24.3 Å². The van der Waals surface area contributed by atoms with Crippen molar-refractivity contribution in [2.45, 2.75) is 141 Å². The molecule has 0 saturated heterocycles. The second-order valence-corrected chi connectivity index (χ2v) is 16.8. The first-order valence-electron chi connectivity index (χ1n) is 17.6. The summed E-state index contributed by atoms with van der Waals surface area (Å²) in [5.41, 5.74) is 16.4. The van der Waals surface area contributed by atoms with Crippen LogP contribution in [0.4, 0.5) is 0 Å². The van der Waals surface area contributed by atoms with Gasteiger partial charge in [-0.15, -0.1) is 12.4 Å². The Morgan fingerprint density at radius 1 is 0.644 bits per heavy atom. The third-order valence-corrected chi connectivity index (χ3v) is 13.3. The molecule has 45 heavy (non-hydrogen) atoms. The zero-order valence-corrected chi connectivity index (χ0v) is 32.2. The van der Waals surface area contributed by atoms with Crippen LogP contribution in [0.1, 0.15) is 146 Å². The van der Waals surface area contributed by atoms with Crippen molar-refractivity contribution in [3.63, 3.8) is 0 Å². The van der Waals surface area contributed by atoms with E-state index in [2.05, 4.69) is 90.1 Å². The molecule has 2 aliphatic rings. The quantitative estimate of drug-likeness (QED) is 0.172. The van der Waals surface area contributed by atoms with Gasteiger partial charge in [0.1, 0.15) is 0 Å². The van der Waals surface area contributed by atoms with Crippen molar-refractivity contribution in [2.75, 3.05) is 6.54 Å². The van der Waals surface area contributed by atoms with Gasteiger partial charge in [0, 0.05) is 20.4 Å². The predicted octanol–water partition coefficient (Wildman–Crippen LogP) is 12.1. The maximum Gasteiger partial charge on any atom is 0 e. The van der Waals surface area contributed by atoms with E-state index in [9.17, 15) is 0 Å². The summed E-state index contributed by atoms with van der Waals surface area (Å²) in [6.07, 6.45) is 15.6. The predicted molar refractivity (Wildman–Crippen MR) is 201 cm³/mol. The van der Waals surface area contributed by atoms with Gasteiger partial charge in [0.05, 0.1) is 0 Å². The summed E-state index contributed by atoms with van der Waals surface area (Å²) in [7, 11) is -0.120. The minimum atomic E-state index is -0.120. The van der Waals surface area contributed by atoms with Crippen molar-refractivity contribution in [3.05, 3.63) is 89.0 Å². The Bertz CT molecular complexity index is 1200. The molecule has 4 heteroatoms. The third-order valence-electron chi connectivity index (χ3n) is 9.80. The summed E-state index contributed by atoms with van der Waals surface area (Å²) in [6, 6.07) is 25.1. The third kappa shape index (κ3) is 11.0. The van der Waals surface area contributed by atoms with Gasteiger partial charge in [0.15, 0.2) is 0 Å². The van der Waals surface area contributed by atoms with Crippen molar-refractivity contribution in [1.82, 2.24) is 0 Å². The maximum atomic E-state index is 5.36. The van der Waals surface area contributed by atoms with Crippen LogP contribution < -0.4 is 11.0 Å². The van der Waals surface area contributed by atoms with Crippen molar-refractivity contribution in [2.24, 2.45) is 5.73 Å². The molecule has 0 aromatic heterocycles. The van der Waals surface area contributed by atoms with E-state index in [1.54, 1.807) is 27.6 Å². The van der Waals surface area contributed by atoms with Crippen LogP contribution in [0.2, 0.25) is 0 Å². The van der Waals surface area contributed by atoms with Crippen LogP contribution in [0.15, 0.2) is 66.7 Å². The normalized spacial score (nSPS) is 15.9. The van der Waals surface area contributed by atoms with Crippen LogP contribution in [-0.2, 0) is 26.8 Å². The molecular formula is C41H61ClNPPd. The van der Waals surface area contributed by atoms with Crippen LogP contribution in [0.5, 0.6) is 0 Å². The molecule has 0 amide bonds. The fraction of sp³-hybridized carbons (Fsp3) is 0.561. The first-order valence-corrected chi connectivity index (χ1v) is 19.1. The van der Waals surface area contributed by atoms with Gasteiger partial charge < -0.3 is 5.73 Å². The molecule has 0 heterocycles. The molecule has 0 spiro atoms. The number of nitrogens with two attached hydrogens (primary N) is 1. The molecule has 0 radical (unpaired) electrons. The molecule has 3 aromatic carbocycles. The van der Waals surface area contributed by atoms with E-state index in [1.165, 1.54) is 75.3 Å². The van der Waals surface area contributed by atoms with Crippen LogP contribution in [0.25, 0.3) is 11.1 Å². The fourth-order valence-corrected chi connectivity index (χ4v) is 11.3. The zero-order valence-electron chi connectivity index (χ0n) is 29.0. The van der Waals surface area contributed by atoms with Crippen LogP contribution in [-0.4, -0.2) is 17.9 Å². The van der Waals surface area contributed by atoms with E-state index in [1.807, 2.05) is 18.2 Å². The van der Waals surface area contributed by atoms with Gasteiger partial charge in [0.25, 0.3) is 0 Å². The number of benzene rings is 3. The maximum absolute atomic E-state index is 5.36. The molecular weight excluding hydrogens is 679 g/mol. The largest absolute Gasteiger partial charge is 0.330 e. The molecule has 0 bridgehead atoms. The van der Waals surface area contributed by atoms with Crippen molar-refractivity contribution < 1.29 is 20.4 Å². The van der Waals surface area contributed by atoms with Gasteiger partial charge in [-0.2, -0.15) is 0 Å².